The van der Waals surface area contributed by atoms with Gasteiger partial charge in [-0.15, -0.1) is 0 Å². The highest BCUT2D eigenvalue weighted by molar-refractivity contribution is 6.69. The molecule has 8 heteroatoms. The molecule has 0 unspecified atom stereocenters. The number of hydrogen-bond donors (Lipinski definition) is 0. The maximum atomic E-state index is 12.0. The van der Waals surface area contributed by atoms with Crippen LogP contribution in [0, 0.1) is 0 Å². The van der Waals surface area contributed by atoms with Crippen LogP contribution >= 0.6 is 0 Å². The Balaban J connectivity index is 2.34. The average molecular weight is 339 g/mol. The van der Waals surface area contributed by atoms with E-state index < -0.39 is 42.5 Å². The van der Waals surface area contributed by atoms with E-state index in [2.05, 4.69) is 0 Å². The Hall–Kier alpha value is -0.560. The Labute approximate surface area is 146 Å². The summed E-state index contributed by atoms with van der Waals surface area (Å²) in [4.78, 5) is 13.6. The molecular formula is C16H31B2NO5. The van der Waals surface area contributed by atoms with Gasteiger partial charge in [0.1, 0.15) is 5.84 Å². The zero-order chi connectivity index (χ0) is 18.7. The van der Waals surface area contributed by atoms with E-state index in [1.807, 2.05) is 55.4 Å². The van der Waals surface area contributed by atoms with Gasteiger partial charge in [-0.1, -0.05) is 0 Å². The molecular weight excluding hydrogens is 308 g/mol. The van der Waals surface area contributed by atoms with E-state index in [0.29, 0.717) is 0 Å². The molecule has 6 nitrogen and oxygen atoms in total. The number of amides is 1. The molecule has 0 radical (unpaired) electrons. The molecule has 2 heterocycles. The number of carbonyl (C=O) groups excluding carboxylic acids is 1. The minimum atomic E-state index is -0.626. The number of nitrogens with zero attached hydrogens (tertiary/aromatic N) is 1. The summed E-state index contributed by atoms with van der Waals surface area (Å²) in [6.45, 7) is 17.4. The number of rotatable bonds is 3. The smallest absolute Gasteiger partial charge is 0.402 e. The molecule has 0 aromatic carbocycles. The summed E-state index contributed by atoms with van der Waals surface area (Å²) in [6, 6.07) is 0. The molecule has 136 valence electrons. The molecule has 2 aliphatic heterocycles. The third-order valence-electron chi connectivity index (χ3n) is 6.04. The van der Waals surface area contributed by atoms with Crippen molar-refractivity contribution in [1.29, 1.82) is 0 Å². The van der Waals surface area contributed by atoms with Gasteiger partial charge in [0.15, 0.2) is 0 Å². The van der Waals surface area contributed by atoms with Gasteiger partial charge in [-0.3, -0.25) is 4.79 Å². The van der Waals surface area contributed by atoms with Crippen LogP contribution in [0.2, 0.25) is 0 Å². The normalized spacial score (nSPS) is 27.0. The average Bonchev–Trinajstić information content (AvgIpc) is 2.68. The first-order chi connectivity index (χ1) is 10.6. The van der Waals surface area contributed by atoms with Crippen LogP contribution in [0.15, 0.2) is 0 Å². The predicted octanol–water partition coefficient (Wildman–Crippen LogP) is 2.10. The molecule has 2 rings (SSSR count). The fraction of sp³-hybridized carbons (Fsp3) is 0.938. The van der Waals surface area contributed by atoms with Crippen LogP contribution in [0.25, 0.3) is 0 Å². The van der Waals surface area contributed by atoms with Gasteiger partial charge in [0.05, 0.1) is 22.4 Å². The van der Waals surface area contributed by atoms with Gasteiger partial charge in [-0.2, -0.15) is 0 Å². The highest BCUT2D eigenvalue weighted by Crippen LogP contribution is 2.42. The topological polar surface area (TPSA) is 57.2 Å². The van der Waals surface area contributed by atoms with Crippen molar-refractivity contribution in [3.05, 3.63) is 0 Å². The Morgan fingerprint density at radius 2 is 1.00 bits per heavy atom. The lowest BCUT2D eigenvalue weighted by Crippen LogP contribution is -2.58. The van der Waals surface area contributed by atoms with Gasteiger partial charge in [-0.05, 0) is 55.4 Å². The molecule has 0 aliphatic carbocycles. The molecule has 0 atom stereocenters. The standard InChI is InChI=1S/C16H31B2NO5/c1-11(20)19(10)12(17-21-13(2,3)14(4,5)22-17)18-23-15(6,7)16(8,9)24-18/h12H,1-10H3. The fourth-order valence-corrected chi connectivity index (χ4v) is 2.76. The molecule has 0 spiro atoms. The summed E-state index contributed by atoms with van der Waals surface area (Å²) in [7, 11) is 0.473. The largest absolute Gasteiger partial charge is 0.479 e. The van der Waals surface area contributed by atoms with Crippen molar-refractivity contribution < 1.29 is 23.4 Å². The van der Waals surface area contributed by atoms with Crippen molar-refractivity contribution in [2.75, 3.05) is 7.05 Å². The summed E-state index contributed by atoms with van der Waals surface area (Å²) in [5.41, 5.74) is -1.96. The molecule has 2 fully saturated rings. The molecule has 2 saturated heterocycles. The molecule has 0 N–H and O–H groups in total. The maximum Gasteiger partial charge on any atom is 0.479 e. The molecule has 0 aromatic heterocycles. The van der Waals surface area contributed by atoms with Crippen LogP contribution in [0.1, 0.15) is 62.3 Å². The second-order valence-electron chi connectivity index (χ2n) is 8.87. The zero-order valence-electron chi connectivity index (χ0n) is 16.7. The summed E-state index contributed by atoms with van der Waals surface area (Å²) in [6.07, 6.45) is 0. The first-order valence-electron chi connectivity index (χ1n) is 8.56. The van der Waals surface area contributed by atoms with E-state index in [1.165, 1.54) is 6.92 Å². The molecule has 0 saturated carbocycles. The van der Waals surface area contributed by atoms with E-state index in [4.69, 9.17) is 18.6 Å². The van der Waals surface area contributed by atoms with Crippen molar-refractivity contribution in [1.82, 2.24) is 4.90 Å². The van der Waals surface area contributed by atoms with Crippen molar-refractivity contribution in [2.45, 2.75) is 90.6 Å². The van der Waals surface area contributed by atoms with Gasteiger partial charge >= 0.3 is 14.2 Å². The zero-order valence-corrected chi connectivity index (χ0v) is 16.7. The quantitative estimate of drug-likeness (QED) is 0.737. The molecule has 1 amide bonds. The molecule has 24 heavy (non-hydrogen) atoms. The monoisotopic (exact) mass is 339 g/mol. The van der Waals surface area contributed by atoms with Crippen molar-refractivity contribution in [2.24, 2.45) is 0 Å². The number of hydrogen-bond acceptors (Lipinski definition) is 5. The van der Waals surface area contributed by atoms with Gasteiger partial charge in [0, 0.05) is 14.0 Å². The van der Waals surface area contributed by atoms with Crippen LogP contribution < -0.4 is 0 Å². The van der Waals surface area contributed by atoms with E-state index >= 15 is 0 Å². The lowest BCUT2D eigenvalue weighted by atomic mass is 9.56. The van der Waals surface area contributed by atoms with Crippen molar-refractivity contribution in [3.63, 3.8) is 0 Å². The van der Waals surface area contributed by atoms with Crippen molar-refractivity contribution >= 4 is 20.1 Å². The summed E-state index contributed by atoms with van der Waals surface area (Å²) < 4.78 is 24.7. The van der Waals surface area contributed by atoms with Crippen LogP contribution in [-0.4, -0.2) is 60.3 Å². The second kappa shape index (κ2) is 5.73. The lowest BCUT2D eigenvalue weighted by Gasteiger charge is -2.32. The van der Waals surface area contributed by atoms with Gasteiger partial charge in [0.2, 0.25) is 5.91 Å². The van der Waals surface area contributed by atoms with Gasteiger partial charge in [-0.25, -0.2) is 0 Å². The van der Waals surface area contributed by atoms with Crippen LogP contribution in [0.3, 0.4) is 0 Å². The summed E-state index contributed by atoms with van der Waals surface area (Å²) >= 11 is 0. The Morgan fingerprint density at radius 1 is 0.750 bits per heavy atom. The van der Waals surface area contributed by atoms with E-state index in [0.717, 1.165) is 0 Å². The van der Waals surface area contributed by atoms with Crippen LogP contribution in [-0.2, 0) is 23.4 Å². The lowest BCUT2D eigenvalue weighted by molar-refractivity contribution is -0.128. The first-order valence-corrected chi connectivity index (χ1v) is 8.56. The van der Waals surface area contributed by atoms with E-state index in [-0.39, 0.29) is 5.91 Å². The predicted molar refractivity (Wildman–Crippen MR) is 94.4 cm³/mol. The second-order valence-corrected chi connectivity index (χ2v) is 8.87. The minimum absolute atomic E-state index is 0.0931. The SMILES string of the molecule is CC(=O)N(C)C(B1OC(C)(C)C(C)(C)O1)B1OC(C)(C)C(C)(C)O1. The Kier molecular flexibility index (Phi) is 4.72. The Bertz CT molecular complexity index is 453. The molecule has 0 aromatic rings. The third kappa shape index (κ3) is 3.14. The highest BCUT2D eigenvalue weighted by Gasteiger charge is 2.63. The van der Waals surface area contributed by atoms with E-state index in [1.54, 1.807) is 11.9 Å². The molecule has 2 aliphatic rings. The first kappa shape index (κ1) is 19.8. The Morgan fingerprint density at radius 3 is 1.21 bits per heavy atom. The summed E-state index contributed by atoms with van der Waals surface area (Å²) in [5, 5.41) is 0. The van der Waals surface area contributed by atoms with Crippen molar-refractivity contribution in [3.8, 4) is 0 Å². The van der Waals surface area contributed by atoms with Gasteiger partial charge < -0.3 is 23.5 Å². The van der Waals surface area contributed by atoms with Gasteiger partial charge in [0.25, 0.3) is 0 Å². The molecule has 0 bridgehead atoms. The maximum absolute atomic E-state index is 12.0. The minimum Gasteiger partial charge on any atom is -0.402 e. The van der Waals surface area contributed by atoms with E-state index in [9.17, 15) is 4.79 Å². The highest BCUT2D eigenvalue weighted by atomic mass is 16.7. The summed E-state index contributed by atoms with van der Waals surface area (Å²) in [5.74, 6) is -0.589. The fourth-order valence-electron chi connectivity index (χ4n) is 2.76. The van der Waals surface area contributed by atoms with Crippen LogP contribution in [0.4, 0.5) is 0 Å². The van der Waals surface area contributed by atoms with Crippen LogP contribution in [0.5, 0.6) is 0 Å². The number of carbonyl (C=O) groups is 1. The third-order valence-corrected chi connectivity index (χ3v) is 6.04.